The summed E-state index contributed by atoms with van der Waals surface area (Å²) in [4.78, 5) is 0. The summed E-state index contributed by atoms with van der Waals surface area (Å²) in [6.07, 6.45) is -3.94. The molecule has 0 aromatic heterocycles. The van der Waals surface area contributed by atoms with Gasteiger partial charge in [-0.3, -0.25) is 0 Å². The molecule has 0 spiro atoms. The summed E-state index contributed by atoms with van der Waals surface area (Å²) in [5, 5.41) is 30.6. The molecule has 0 saturated heterocycles. The van der Waals surface area contributed by atoms with Crippen LogP contribution in [0.5, 0.6) is 0 Å². The van der Waals surface area contributed by atoms with Gasteiger partial charge in [0.2, 0.25) is 0 Å². The minimum atomic E-state index is -1.32. The Morgan fingerprint density at radius 3 is 1.67 bits per heavy atom. The van der Waals surface area contributed by atoms with E-state index in [-0.39, 0.29) is 11.3 Å². The molecule has 0 aromatic carbocycles. The molecular weight excluding hydrogens is 272 g/mol. The minimum absolute atomic E-state index is 0.0354. The van der Waals surface area contributed by atoms with E-state index in [2.05, 4.69) is 20.8 Å². The Hall–Kier alpha value is -0.200. The van der Waals surface area contributed by atoms with Crippen LogP contribution < -0.4 is 0 Å². The third kappa shape index (κ3) is 8.12. The topological polar surface area (TPSA) is 79.2 Å². The Morgan fingerprint density at radius 2 is 1.33 bits per heavy atom. The maximum absolute atomic E-state index is 10.2. The van der Waals surface area contributed by atoms with Crippen molar-refractivity contribution in [2.75, 3.05) is 7.11 Å². The SMILES string of the molecule is COC(OC(C)(C)C)C(O)C(O)C(O)C(C)CC(C)(C)C. The quantitative estimate of drug-likeness (QED) is 0.626. The molecule has 0 radical (unpaired) electrons. The normalized spacial score (nSPS) is 20.7. The number of aliphatic hydroxyl groups excluding tert-OH is 3. The van der Waals surface area contributed by atoms with E-state index < -0.39 is 30.2 Å². The molecule has 0 rings (SSSR count). The average Bonchev–Trinajstić information content (AvgIpc) is 2.29. The molecule has 0 aromatic rings. The summed E-state index contributed by atoms with van der Waals surface area (Å²) in [6, 6.07) is 0. The van der Waals surface area contributed by atoms with Gasteiger partial charge >= 0.3 is 0 Å². The first-order chi connectivity index (χ1) is 9.28. The summed E-state index contributed by atoms with van der Waals surface area (Å²) < 4.78 is 10.7. The lowest BCUT2D eigenvalue weighted by Gasteiger charge is -2.35. The van der Waals surface area contributed by atoms with Crippen molar-refractivity contribution in [1.29, 1.82) is 0 Å². The number of hydrogen-bond donors (Lipinski definition) is 3. The van der Waals surface area contributed by atoms with E-state index in [4.69, 9.17) is 9.47 Å². The summed E-state index contributed by atoms with van der Waals surface area (Å²) in [7, 11) is 1.40. The van der Waals surface area contributed by atoms with Crippen LogP contribution in [0.2, 0.25) is 0 Å². The molecule has 0 bridgehead atoms. The highest BCUT2D eigenvalue weighted by Gasteiger charge is 2.37. The zero-order chi connectivity index (χ0) is 17.0. The average molecular weight is 306 g/mol. The van der Waals surface area contributed by atoms with Gasteiger partial charge in [-0.05, 0) is 38.5 Å². The first-order valence-corrected chi connectivity index (χ1v) is 7.53. The van der Waals surface area contributed by atoms with Gasteiger partial charge in [0.1, 0.15) is 12.2 Å². The first kappa shape index (κ1) is 20.8. The molecule has 0 saturated carbocycles. The van der Waals surface area contributed by atoms with E-state index in [0.29, 0.717) is 0 Å². The van der Waals surface area contributed by atoms with Crippen molar-refractivity contribution in [3.05, 3.63) is 0 Å². The molecule has 5 unspecified atom stereocenters. The Bertz CT molecular complexity index is 292. The number of aliphatic hydroxyl groups is 3. The molecule has 5 atom stereocenters. The van der Waals surface area contributed by atoms with E-state index in [9.17, 15) is 15.3 Å². The van der Waals surface area contributed by atoms with Crippen LogP contribution in [0.15, 0.2) is 0 Å². The highest BCUT2D eigenvalue weighted by molar-refractivity contribution is 4.84. The van der Waals surface area contributed by atoms with Gasteiger partial charge in [-0.15, -0.1) is 0 Å². The molecule has 0 aliphatic carbocycles. The van der Waals surface area contributed by atoms with Crippen LogP contribution in [0.25, 0.3) is 0 Å². The van der Waals surface area contributed by atoms with Gasteiger partial charge in [0.25, 0.3) is 0 Å². The Morgan fingerprint density at radius 1 is 0.857 bits per heavy atom. The molecule has 0 amide bonds. The molecule has 5 heteroatoms. The fraction of sp³-hybridized carbons (Fsp3) is 1.00. The van der Waals surface area contributed by atoms with Crippen molar-refractivity contribution >= 4 is 0 Å². The number of ether oxygens (including phenoxy) is 2. The summed E-state index contributed by atoms with van der Waals surface area (Å²) in [5.41, 5.74) is -0.489. The lowest BCUT2D eigenvalue weighted by molar-refractivity contribution is -0.250. The summed E-state index contributed by atoms with van der Waals surface area (Å²) in [6.45, 7) is 13.6. The van der Waals surface area contributed by atoms with Gasteiger partial charge in [0, 0.05) is 7.11 Å². The maximum atomic E-state index is 10.2. The summed E-state index contributed by atoms with van der Waals surface area (Å²) >= 11 is 0. The maximum Gasteiger partial charge on any atom is 0.186 e. The minimum Gasteiger partial charge on any atom is -0.390 e. The van der Waals surface area contributed by atoms with Crippen molar-refractivity contribution in [3.8, 4) is 0 Å². The van der Waals surface area contributed by atoms with Gasteiger partial charge < -0.3 is 24.8 Å². The van der Waals surface area contributed by atoms with Crippen LogP contribution in [-0.4, -0.2) is 52.6 Å². The predicted octanol–water partition coefficient (Wildman–Crippen LogP) is 1.93. The van der Waals surface area contributed by atoms with Gasteiger partial charge in [-0.25, -0.2) is 0 Å². The molecule has 0 fully saturated rings. The lowest BCUT2D eigenvalue weighted by Crippen LogP contribution is -2.50. The van der Waals surface area contributed by atoms with Gasteiger partial charge in [0.05, 0.1) is 11.7 Å². The highest BCUT2D eigenvalue weighted by Crippen LogP contribution is 2.28. The highest BCUT2D eigenvalue weighted by atomic mass is 16.7. The molecule has 21 heavy (non-hydrogen) atoms. The molecule has 3 N–H and O–H groups in total. The Balaban J connectivity index is 4.76. The fourth-order valence-electron chi connectivity index (χ4n) is 2.39. The standard InChI is InChI=1S/C16H34O5/c1-10(9-15(2,3)4)11(17)12(18)13(19)14(20-8)21-16(5,6)7/h10-14,17-19H,9H2,1-8H3. The Labute approximate surface area is 129 Å². The fourth-order valence-corrected chi connectivity index (χ4v) is 2.39. The summed E-state index contributed by atoms with van der Waals surface area (Å²) in [5.74, 6) is -0.151. The third-order valence-corrected chi connectivity index (χ3v) is 3.20. The molecular formula is C16H34O5. The van der Waals surface area contributed by atoms with Crippen molar-refractivity contribution in [2.45, 2.75) is 85.1 Å². The van der Waals surface area contributed by atoms with Crippen LogP contribution in [-0.2, 0) is 9.47 Å². The molecule has 0 heterocycles. The van der Waals surface area contributed by atoms with Crippen molar-refractivity contribution in [3.63, 3.8) is 0 Å². The van der Waals surface area contributed by atoms with Crippen LogP contribution in [0.3, 0.4) is 0 Å². The molecule has 128 valence electrons. The van der Waals surface area contributed by atoms with Crippen LogP contribution in [0, 0.1) is 11.3 Å². The lowest BCUT2D eigenvalue weighted by atomic mass is 9.81. The largest absolute Gasteiger partial charge is 0.390 e. The molecule has 0 aliphatic heterocycles. The van der Waals surface area contributed by atoms with Crippen LogP contribution >= 0.6 is 0 Å². The van der Waals surface area contributed by atoms with Crippen molar-refractivity contribution in [2.24, 2.45) is 11.3 Å². The third-order valence-electron chi connectivity index (χ3n) is 3.20. The van der Waals surface area contributed by atoms with Crippen LogP contribution in [0.4, 0.5) is 0 Å². The van der Waals surface area contributed by atoms with Crippen LogP contribution in [0.1, 0.15) is 54.9 Å². The van der Waals surface area contributed by atoms with Crippen molar-refractivity contribution in [1.82, 2.24) is 0 Å². The number of hydrogen-bond acceptors (Lipinski definition) is 5. The van der Waals surface area contributed by atoms with E-state index in [1.165, 1.54) is 7.11 Å². The zero-order valence-corrected chi connectivity index (χ0v) is 14.8. The first-order valence-electron chi connectivity index (χ1n) is 7.53. The molecule has 0 aliphatic rings. The zero-order valence-electron chi connectivity index (χ0n) is 14.8. The monoisotopic (exact) mass is 306 g/mol. The predicted molar refractivity (Wildman–Crippen MR) is 82.9 cm³/mol. The van der Waals surface area contributed by atoms with E-state index in [0.717, 1.165) is 6.42 Å². The van der Waals surface area contributed by atoms with E-state index in [1.54, 1.807) is 0 Å². The van der Waals surface area contributed by atoms with Gasteiger partial charge in [-0.2, -0.15) is 0 Å². The smallest absolute Gasteiger partial charge is 0.186 e. The second-order valence-electron chi connectivity index (χ2n) is 8.05. The van der Waals surface area contributed by atoms with Gasteiger partial charge in [-0.1, -0.05) is 27.7 Å². The number of methoxy groups -OCH3 is 1. The number of rotatable bonds is 7. The Kier molecular flexibility index (Phi) is 7.81. The second-order valence-corrected chi connectivity index (χ2v) is 8.05. The van der Waals surface area contributed by atoms with Gasteiger partial charge in [0.15, 0.2) is 6.29 Å². The van der Waals surface area contributed by atoms with E-state index >= 15 is 0 Å². The van der Waals surface area contributed by atoms with E-state index in [1.807, 2.05) is 27.7 Å². The second kappa shape index (κ2) is 7.88. The molecule has 5 nitrogen and oxygen atoms in total. The van der Waals surface area contributed by atoms with Crippen molar-refractivity contribution < 1.29 is 24.8 Å².